The number of benzene rings is 1. The molecule has 1 aromatic carbocycles. The van der Waals surface area contributed by atoms with Gasteiger partial charge in [-0.15, -0.1) is 0 Å². The van der Waals surface area contributed by atoms with E-state index >= 15 is 0 Å². The maximum Gasteiger partial charge on any atom is 0.255 e. The van der Waals surface area contributed by atoms with Gasteiger partial charge in [0.25, 0.3) is 5.91 Å². The molecule has 1 aliphatic heterocycles. The smallest absolute Gasteiger partial charge is 0.255 e. The third-order valence-corrected chi connectivity index (χ3v) is 5.39. The van der Waals surface area contributed by atoms with Gasteiger partial charge >= 0.3 is 0 Å². The summed E-state index contributed by atoms with van der Waals surface area (Å²) in [5.41, 5.74) is 1.51. The van der Waals surface area contributed by atoms with Gasteiger partial charge in [-0.1, -0.05) is 6.07 Å². The molecule has 0 unspecified atom stereocenters. The fourth-order valence-electron chi connectivity index (χ4n) is 2.51. The maximum atomic E-state index is 12.5. The molecule has 26 heavy (non-hydrogen) atoms. The number of nitrogens with zero attached hydrogens (tertiary/aromatic N) is 1. The van der Waals surface area contributed by atoms with Crippen molar-refractivity contribution < 1.29 is 18.0 Å². The summed E-state index contributed by atoms with van der Waals surface area (Å²) < 4.78 is 27.3. The molecule has 0 radical (unpaired) electrons. The van der Waals surface area contributed by atoms with Gasteiger partial charge in [0.15, 0.2) is 0 Å². The highest BCUT2D eigenvalue weighted by Crippen LogP contribution is 2.15. The van der Waals surface area contributed by atoms with Gasteiger partial charge in [0.2, 0.25) is 15.9 Å². The summed E-state index contributed by atoms with van der Waals surface area (Å²) in [6.07, 6.45) is 1.91. The molecule has 1 atom stereocenters. The van der Waals surface area contributed by atoms with Crippen LogP contribution in [0.15, 0.2) is 47.5 Å². The zero-order valence-electron chi connectivity index (χ0n) is 14.0. The predicted octanol–water partition coefficient (Wildman–Crippen LogP) is 0.809. The summed E-state index contributed by atoms with van der Waals surface area (Å²) in [5.74, 6) is -0.805. The summed E-state index contributed by atoms with van der Waals surface area (Å²) in [6.45, 7) is 2.26. The van der Waals surface area contributed by atoms with Gasteiger partial charge in [-0.25, -0.2) is 8.42 Å². The Morgan fingerprint density at radius 2 is 2.08 bits per heavy atom. The van der Waals surface area contributed by atoms with Crippen LogP contribution in [-0.4, -0.2) is 37.8 Å². The van der Waals surface area contributed by atoms with Crippen LogP contribution >= 0.6 is 0 Å². The normalized spacial score (nSPS) is 17.0. The van der Waals surface area contributed by atoms with Gasteiger partial charge in [-0.2, -0.15) is 4.72 Å². The zero-order chi connectivity index (χ0) is 18.7. The van der Waals surface area contributed by atoms with E-state index in [0.29, 0.717) is 18.7 Å². The van der Waals surface area contributed by atoms with Crippen molar-refractivity contribution in [2.45, 2.75) is 24.3 Å². The molecule has 0 spiro atoms. The first-order valence-electron chi connectivity index (χ1n) is 7.99. The molecule has 0 aliphatic carbocycles. The van der Waals surface area contributed by atoms with Gasteiger partial charge in [0.1, 0.15) is 6.04 Å². The van der Waals surface area contributed by atoms with Crippen LogP contribution in [0.4, 0.5) is 5.69 Å². The average molecular weight is 374 g/mol. The molecule has 1 aliphatic rings. The number of pyridine rings is 1. The molecular weight excluding hydrogens is 356 g/mol. The number of hydrogen-bond acceptors (Lipinski definition) is 5. The predicted molar refractivity (Wildman–Crippen MR) is 95.1 cm³/mol. The summed E-state index contributed by atoms with van der Waals surface area (Å²) >= 11 is 0. The van der Waals surface area contributed by atoms with Crippen molar-refractivity contribution in [1.29, 1.82) is 0 Å². The number of hydrogen-bond donors (Lipinski definition) is 3. The van der Waals surface area contributed by atoms with Crippen LogP contribution in [0.2, 0.25) is 0 Å². The second kappa shape index (κ2) is 7.22. The molecule has 3 rings (SSSR count). The number of anilines is 1. The number of sulfonamides is 1. The Labute approximate surface area is 151 Å². The number of nitrogens with one attached hydrogen (secondary N) is 3. The van der Waals surface area contributed by atoms with E-state index in [1.165, 1.54) is 30.5 Å². The van der Waals surface area contributed by atoms with Gasteiger partial charge in [0, 0.05) is 17.8 Å². The fourth-order valence-corrected chi connectivity index (χ4v) is 3.79. The van der Waals surface area contributed by atoms with Gasteiger partial charge in [-0.3, -0.25) is 14.6 Å². The Morgan fingerprint density at radius 3 is 2.73 bits per heavy atom. The first-order chi connectivity index (χ1) is 12.3. The van der Waals surface area contributed by atoms with Crippen molar-refractivity contribution >= 4 is 27.5 Å². The molecule has 2 amide bonds. The van der Waals surface area contributed by atoms with Crippen molar-refractivity contribution in [3.8, 4) is 0 Å². The number of rotatable bonds is 5. The van der Waals surface area contributed by atoms with E-state index in [1.54, 1.807) is 12.1 Å². The third-order valence-electron chi connectivity index (χ3n) is 3.92. The Morgan fingerprint density at radius 1 is 1.27 bits per heavy atom. The Kier molecular flexibility index (Phi) is 5.01. The summed E-state index contributed by atoms with van der Waals surface area (Å²) in [5, 5.41) is 5.23. The van der Waals surface area contributed by atoms with Crippen LogP contribution in [0.1, 0.15) is 22.5 Å². The fraction of sp³-hybridized carbons (Fsp3) is 0.235. The highest BCUT2D eigenvalue weighted by Gasteiger charge is 2.29. The minimum absolute atomic E-state index is 0.0770. The van der Waals surface area contributed by atoms with Gasteiger partial charge < -0.3 is 10.6 Å². The molecule has 9 heteroatoms. The maximum absolute atomic E-state index is 12.5. The quantitative estimate of drug-likeness (QED) is 0.716. The molecule has 0 saturated carbocycles. The van der Waals surface area contributed by atoms with Gasteiger partial charge in [-0.05, 0) is 43.7 Å². The van der Waals surface area contributed by atoms with Crippen molar-refractivity contribution in [3.63, 3.8) is 0 Å². The lowest BCUT2D eigenvalue weighted by Crippen LogP contribution is -2.40. The highest BCUT2D eigenvalue weighted by atomic mass is 32.2. The van der Waals surface area contributed by atoms with E-state index in [4.69, 9.17) is 0 Å². The first kappa shape index (κ1) is 18.0. The molecule has 8 nitrogen and oxygen atoms in total. The monoisotopic (exact) mass is 374 g/mol. The highest BCUT2D eigenvalue weighted by molar-refractivity contribution is 7.89. The molecule has 0 bridgehead atoms. The Balaban J connectivity index is 1.77. The minimum Gasteiger partial charge on any atom is -0.355 e. The second-order valence-electron chi connectivity index (χ2n) is 5.92. The lowest BCUT2D eigenvalue weighted by Gasteiger charge is -2.12. The van der Waals surface area contributed by atoms with Crippen molar-refractivity contribution in [3.05, 3.63) is 53.9 Å². The lowest BCUT2D eigenvalue weighted by atomic mass is 10.2. The summed E-state index contributed by atoms with van der Waals surface area (Å²) in [7, 11) is -3.91. The number of carbonyl (C=O) groups is 2. The van der Waals surface area contributed by atoms with Crippen LogP contribution in [0.3, 0.4) is 0 Å². The van der Waals surface area contributed by atoms with E-state index in [0.717, 1.165) is 5.69 Å². The van der Waals surface area contributed by atoms with Crippen molar-refractivity contribution in [2.24, 2.45) is 0 Å². The molecule has 1 fully saturated rings. The summed E-state index contributed by atoms with van der Waals surface area (Å²) in [6, 6.07) is 8.31. The number of carbonyl (C=O) groups excluding carboxylic acids is 2. The number of aryl methyl sites for hydroxylation is 1. The molecular formula is C17H18N4O4S. The SMILES string of the molecule is Cc1ccc(NC(=O)c2cccc(S(=O)(=O)N[C@@H]3CCNC3=O)c2)cn1. The minimum atomic E-state index is -3.91. The van der Waals surface area contributed by atoms with Gasteiger partial charge in [0.05, 0.1) is 16.8 Å². The van der Waals surface area contributed by atoms with E-state index in [2.05, 4.69) is 20.3 Å². The van der Waals surface area contributed by atoms with Crippen LogP contribution in [0, 0.1) is 6.92 Å². The molecule has 2 heterocycles. The second-order valence-corrected chi connectivity index (χ2v) is 7.64. The van der Waals surface area contributed by atoms with Crippen molar-refractivity contribution in [2.75, 3.05) is 11.9 Å². The van der Waals surface area contributed by atoms with E-state index in [9.17, 15) is 18.0 Å². The third kappa shape index (κ3) is 4.06. The topological polar surface area (TPSA) is 117 Å². The largest absolute Gasteiger partial charge is 0.355 e. The standard InChI is InChI=1S/C17H18N4O4S/c1-11-5-6-13(10-19-11)20-16(22)12-3-2-4-14(9-12)26(24,25)21-15-7-8-18-17(15)23/h2-6,9-10,15,21H,7-8H2,1H3,(H,18,23)(H,20,22)/t15-/m1/s1. The number of amides is 2. The molecule has 2 aromatic rings. The molecule has 1 saturated heterocycles. The Bertz CT molecular complexity index is 941. The van der Waals surface area contributed by atoms with Crippen LogP contribution in [-0.2, 0) is 14.8 Å². The lowest BCUT2D eigenvalue weighted by molar-refractivity contribution is -0.120. The van der Waals surface area contributed by atoms with Crippen LogP contribution in [0.5, 0.6) is 0 Å². The summed E-state index contributed by atoms with van der Waals surface area (Å²) in [4.78, 5) is 27.9. The van der Waals surface area contributed by atoms with Crippen LogP contribution in [0.25, 0.3) is 0 Å². The Hall–Kier alpha value is -2.78. The number of aromatic nitrogens is 1. The van der Waals surface area contributed by atoms with Crippen molar-refractivity contribution in [1.82, 2.24) is 15.0 Å². The van der Waals surface area contributed by atoms with E-state index in [-0.39, 0.29) is 16.4 Å². The molecule has 1 aromatic heterocycles. The molecule has 136 valence electrons. The van der Waals surface area contributed by atoms with E-state index in [1.807, 2.05) is 6.92 Å². The molecule has 3 N–H and O–H groups in total. The first-order valence-corrected chi connectivity index (χ1v) is 9.47. The van der Waals surface area contributed by atoms with Crippen LogP contribution < -0.4 is 15.4 Å². The zero-order valence-corrected chi connectivity index (χ0v) is 14.8. The van der Waals surface area contributed by atoms with E-state index < -0.39 is 22.0 Å². The average Bonchev–Trinajstić information content (AvgIpc) is 3.01.